The average Bonchev–Trinajstić information content (AvgIpc) is 3.10. The molecule has 1 atom stereocenters. The molecule has 0 spiro atoms. The zero-order valence-corrected chi connectivity index (χ0v) is 17.4. The number of para-hydroxylation sites is 1. The van der Waals surface area contributed by atoms with Crippen LogP contribution in [0.5, 0.6) is 0 Å². The third kappa shape index (κ3) is 3.85. The second-order valence-corrected chi connectivity index (χ2v) is 7.59. The number of aromatic nitrogens is 1. The number of carbonyl (C=O) groups excluding carboxylic acids is 3. The maximum absolute atomic E-state index is 14.3. The zero-order chi connectivity index (χ0) is 21.3. The molecule has 2 aromatic rings. The fraction of sp³-hybridized carbons (Fsp3) is 0.286. The van der Waals surface area contributed by atoms with E-state index in [1.54, 1.807) is 35.8 Å². The number of imide groups is 1. The Hall–Kier alpha value is -2.87. The van der Waals surface area contributed by atoms with Crippen LogP contribution in [0.15, 0.2) is 35.2 Å². The number of hydrogen-bond donors (Lipinski definition) is 0. The number of hydrogen-bond acceptors (Lipinski definition) is 5. The van der Waals surface area contributed by atoms with Gasteiger partial charge in [-0.05, 0) is 69.3 Å². The number of rotatable bonds is 5. The number of carbonyl (C=O) groups is 3. The molecule has 3 rings (SSSR count). The predicted molar refractivity (Wildman–Crippen MR) is 109 cm³/mol. The van der Waals surface area contributed by atoms with Gasteiger partial charge in [-0.3, -0.25) is 14.5 Å². The molecule has 1 aromatic heterocycles. The van der Waals surface area contributed by atoms with Crippen LogP contribution >= 0.6 is 11.8 Å². The molecule has 0 unspecified atom stereocenters. The van der Waals surface area contributed by atoms with Crippen LogP contribution in [0.3, 0.4) is 0 Å². The number of esters is 1. The normalized spacial score (nSPS) is 16.6. The maximum atomic E-state index is 14.3. The lowest BCUT2D eigenvalue weighted by molar-refractivity contribution is -0.150. The van der Waals surface area contributed by atoms with Gasteiger partial charge in [-0.1, -0.05) is 12.1 Å². The quantitative estimate of drug-likeness (QED) is 0.539. The molecule has 0 radical (unpaired) electrons. The van der Waals surface area contributed by atoms with Crippen molar-refractivity contribution in [2.45, 2.75) is 33.7 Å². The first-order valence-electron chi connectivity index (χ1n) is 9.13. The Bertz CT molecular complexity index is 1030. The number of thioether (sulfide) groups is 1. The summed E-state index contributed by atoms with van der Waals surface area (Å²) in [7, 11) is 0. The van der Waals surface area contributed by atoms with Gasteiger partial charge in [-0.15, -0.1) is 0 Å². The molecule has 152 valence electrons. The Morgan fingerprint density at radius 2 is 1.97 bits per heavy atom. The van der Waals surface area contributed by atoms with Gasteiger partial charge in [0.1, 0.15) is 11.9 Å². The summed E-state index contributed by atoms with van der Waals surface area (Å²) in [6.45, 7) is 6.93. The van der Waals surface area contributed by atoms with Crippen molar-refractivity contribution >= 4 is 35.0 Å². The minimum Gasteiger partial charge on any atom is -0.464 e. The molecular formula is C21H21FN2O4S. The van der Waals surface area contributed by atoms with Crippen LogP contribution in [0.1, 0.15) is 30.8 Å². The summed E-state index contributed by atoms with van der Waals surface area (Å²) >= 11 is 0.771. The molecule has 0 aliphatic carbocycles. The fourth-order valence-electron chi connectivity index (χ4n) is 3.26. The molecule has 8 heteroatoms. The van der Waals surface area contributed by atoms with E-state index in [1.165, 1.54) is 13.0 Å². The molecular weight excluding hydrogens is 395 g/mol. The molecule has 0 saturated carbocycles. The van der Waals surface area contributed by atoms with Crippen molar-refractivity contribution in [3.05, 3.63) is 58.0 Å². The molecule has 1 saturated heterocycles. The van der Waals surface area contributed by atoms with Crippen molar-refractivity contribution < 1.29 is 23.5 Å². The number of nitrogens with zero attached hydrogens (tertiary/aromatic N) is 2. The van der Waals surface area contributed by atoms with Crippen molar-refractivity contribution in [3.8, 4) is 5.69 Å². The standard InChI is InChI=1S/C21H21FN2O4S/c1-5-28-20(26)14(4)24-19(25)18(29-21(24)27)11-15-10-12(2)23(13(15)3)17-9-7-6-8-16(17)22/h6-11,14H,5H2,1-4H3/b18-11+/t14-/m1/s1. The van der Waals surface area contributed by atoms with Gasteiger partial charge < -0.3 is 9.30 Å². The Balaban J connectivity index is 1.95. The molecule has 0 bridgehead atoms. The Morgan fingerprint density at radius 3 is 2.62 bits per heavy atom. The van der Waals surface area contributed by atoms with Gasteiger partial charge in [0, 0.05) is 11.4 Å². The number of amides is 2. The smallest absolute Gasteiger partial charge is 0.329 e. The van der Waals surface area contributed by atoms with Crippen LogP contribution in [0, 0.1) is 19.7 Å². The van der Waals surface area contributed by atoms with E-state index in [1.807, 2.05) is 19.9 Å². The van der Waals surface area contributed by atoms with Crippen molar-refractivity contribution in [2.75, 3.05) is 6.61 Å². The highest BCUT2D eigenvalue weighted by molar-refractivity contribution is 8.18. The molecule has 1 aromatic carbocycles. The molecule has 29 heavy (non-hydrogen) atoms. The lowest BCUT2D eigenvalue weighted by Gasteiger charge is -2.19. The number of halogens is 1. The summed E-state index contributed by atoms with van der Waals surface area (Å²) in [5.74, 6) is -1.53. The highest BCUT2D eigenvalue weighted by Crippen LogP contribution is 2.35. The molecule has 2 heterocycles. The van der Waals surface area contributed by atoms with Crippen LogP contribution in [0.2, 0.25) is 0 Å². The van der Waals surface area contributed by atoms with Gasteiger partial charge in [-0.2, -0.15) is 0 Å². The van der Waals surface area contributed by atoms with Crippen molar-refractivity contribution in [1.82, 2.24) is 9.47 Å². The largest absolute Gasteiger partial charge is 0.464 e. The van der Waals surface area contributed by atoms with Crippen molar-refractivity contribution in [1.29, 1.82) is 0 Å². The Morgan fingerprint density at radius 1 is 1.28 bits per heavy atom. The van der Waals surface area contributed by atoms with Gasteiger partial charge in [0.25, 0.3) is 11.1 Å². The van der Waals surface area contributed by atoms with Gasteiger partial charge in [0.15, 0.2) is 0 Å². The Kier molecular flexibility index (Phi) is 5.93. The van der Waals surface area contributed by atoms with E-state index in [2.05, 4.69) is 0 Å². The lowest BCUT2D eigenvalue weighted by Crippen LogP contribution is -2.42. The monoisotopic (exact) mass is 416 g/mol. The molecule has 6 nitrogen and oxygen atoms in total. The van der Waals surface area contributed by atoms with Gasteiger partial charge in [0.2, 0.25) is 0 Å². The number of benzene rings is 1. The van der Waals surface area contributed by atoms with Gasteiger partial charge in [-0.25, -0.2) is 9.18 Å². The summed E-state index contributed by atoms with van der Waals surface area (Å²) in [6, 6.07) is 7.25. The van der Waals surface area contributed by atoms with Gasteiger partial charge >= 0.3 is 5.97 Å². The third-order valence-corrected chi connectivity index (χ3v) is 5.57. The second-order valence-electron chi connectivity index (χ2n) is 6.59. The fourth-order valence-corrected chi connectivity index (χ4v) is 4.16. The highest BCUT2D eigenvalue weighted by Gasteiger charge is 2.41. The summed E-state index contributed by atoms with van der Waals surface area (Å²) in [6.07, 6.45) is 1.60. The molecule has 2 amide bonds. The first kappa shape index (κ1) is 20.9. The molecule has 1 fully saturated rings. The maximum Gasteiger partial charge on any atom is 0.329 e. The first-order chi connectivity index (χ1) is 13.8. The second kappa shape index (κ2) is 8.24. The lowest BCUT2D eigenvalue weighted by atomic mass is 10.2. The van der Waals surface area contributed by atoms with Crippen LogP contribution in [0.25, 0.3) is 11.8 Å². The van der Waals surface area contributed by atoms with E-state index in [0.29, 0.717) is 11.3 Å². The van der Waals surface area contributed by atoms with E-state index in [4.69, 9.17) is 4.74 Å². The SMILES string of the molecule is CCOC(=O)[C@@H](C)N1C(=O)S/C(=C/c2cc(C)n(-c3ccccc3F)c2C)C1=O. The Labute approximate surface area is 172 Å². The van der Waals surface area contributed by atoms with Crippen LogP contribution in [-0.2, 0) is 14.3 Å². The van der Waals surface area contributed by atoms with Gasteiger partial charge in [0.05, 0.1) is 17.2 Å². The molecule has 0 N–H and O–H groups in total. The van der Waals surface area contributed by atoms with Crippen LogP contribution < -0.4 is 0 Å². The summed E-state index contributed by atoms with van der Waals surface area (Å²) in [4.78, 5) is 38.1. The molecule has 1 aliphatic rings. The topological polar surface area (TPSA) is 68.6 Å². The zero-order valence-electron chi connectivity index (χ0n) is 16.6. The number of ether oxygens (including phenoxy) is 1. The van der Waals surface area contributed by atoms with E-state index in [0.717, 1.165) is 28.0 Å². The van der Waals surface area contributed by atoms with Crippen molar-refractivity contribution in [2.24, 2.45) is 0 Å². The average molecular weight is 416 g/mol. The van der Waals surface area contributed by atoms with Crippen LogP contribution in [-0.4, -0.2) is 39.2 Å². The van der Waals surface area contributed by atoms with E-state index in [-0.39, 0.29) is 17.3 Å². The highest BCUT2D eigenvalue weighted by atomic mass is 32.2. The molecule has 1 aliphatic heterocycles. The first-order valence-corrected chi connectivity index (χ1v) is 9.95. The van der Waals surface area contributed by atoms with E-state index in [9.17, 15) is 18.8 Å². The van der Waals surface area contributed by atoms with Crippen molar-refractivity contribution in [3.63, 3.8) is 0 Å². The predicted octanol–water partition coefficient (Wildman–Crippen LogP) is 4.22. The summed E-state index contributed by atoms with van der Waals surface area (Å²) in [5.41, 5.74) is 2.63. The third-order valence-electron chi connectivity index (χ3n) is 4.69. The summed E-state index contributed by atoms with van der Waals surface area (Å²) < 4.78 is 20.9. The van der Waals surface area contributed by atoms with Crippen LogP contribution in [0.4, 0.5) is 9.18 Å². The number of aryl methyl sites for hydroxylation is 1. The minimum absolute atomic E-state index is 0.164. The van der Waals surface area contributed by atoms with E-state index >= 15 is 0 Å². The van der Waals surface area contributed by atoms with E-state index < -0.39 is 23.2 Å². The minimum atomic E-state index is -1.00. The summed E-state index contributed by atoms with van der Waals surface area (Å²) in [5, 5.41) is -0.523.